The zero-order chi connectivity index (χ0) is 30.6. The van der Waals surface area contributed by atoms with E-state index in [0.717, 1.165) is 42.8 Å². The molecule has 1 N–H and O–H groups in total. The molecule has 224 valence electrons. The summed E-state index contributed by atoms with van der Waals surface area (Å²) in [5.41, 5.74) is -0.192. The van der Waals surface area contributed by atoms with Crippen molar-refractivity contribution in [1.29, 1.82) is 5.26 Å². The predicted octanol–water partition coefficient (Wildman–Crippen LogP) is 5.79. The van der Waals surface area contributed by atoms with Gasteiger partial charge in [-0.15, -0.1) is 0 Å². The van der Waals surface area contributed by atoms with E-state index in [1.54, 1.807) is 23.9 Å². The number of nitrogens with one attached hydrogen (secondary N) is 1. The van der Waals surface area contributed by atoms with E-state index in [4.69, 9.17) is 0 Å². The molecule has 1 saturated heterocycles. The summed E-state index contributed by atoms with van der Waals surface area (Å²) in [6, 6.07) is 12.7. The fraction of sp³-hybridized carbons (Fsp3) is 0.367. The van der Waals surface area contributed by atoms with Crippen molar-refractivity contribution in [3.8, 4) is 6.07 Å². The fourth-order valence-electron chi connectivity index (χ4n) is 6.27. The maximum Gasteiger partial charge on any atom is 0.417 e. The lowest BCUT2D eigenvalue weighted by atomic mass is 9.70. The number of thioether (sulfide) groups is 1. The molecule has 2 aliphatic heterocycles. The number of sulfonamides is 1. The zero-order valence-electron chi connectivity index (χ0n) is 22.7. The molecule has 1 aliphatic carbocycles. The van der Waals surface area contributed by atoms with Crippen molar-refractivity contribution in [2.45, 2.75) is 54.8 Å². The molecule has 0 radical (unpaired) electrons. The Morgan fingerprint density at radius 3 is 2.42 bits per heavy atom. The lowest BCUT2D eigenvalue weighted by Crippen LogP contribution is -2.50. The first-order valence-electron chi connectivity index (χ1n) is 13.7. The predicted molar refractivity (Wildman–Crippen MR) is 152 cm³/mol. The largest absolute Gasteiger partial charge is 0.417 e. The Morgan fingerprint density at radius 2 is 1.81 bits per heavy atom. The molecule has 13 heteroatoms. The normalized spacial score (nSPS) is 19.6. The van der Waals surface area contributed by atoms with Crippen LogP contribution in [-0.4, -0.2) is 36.9 Å². The van der Waals surface area contributed by atoms with Gasteiger partial charge in [0.15, 0.2) is 0 Å². The number of alkyl halides is 3. The molecule has 1 atom stereocenters. The second kappa shape index (κ2) is 10.8. The molecular weight excluding hydrogens is 604 g/mol. The van der Waals surface area contributed by atoms with Crippen molar-refractivity contribution in [2.24, 2.45) is 5.92 Å². The summed E-state index contributed by atoms with van der Waals surface area (Å²) in [6.07, 6.45) is -0.967. The minimum atomic E-state index is -4.74. The number of fused-ring (bicyclic) bond motifs is 2. The minimum absolute atomic E-state index is 0.0817. The van der Waals surface area contributed by atoms with Crippen LogP contribution in [0.3, 0.4) is 0 Å². The molecule has 0 bridgehead atoms. The number of pyridine rings is 1. The molecule has 3 aliphatic rings. The number of hydrogen-bond donors (Lipinski definition) is 1. The third kappa shape index (κ3) is 5.25. The molecule has 7 nitrogen and oxygen atoms in total. The number of amides is 1. The summed E-state index contributed by atoms with van der Waals surface area (Å²) in [5.74, 6) is 0.0692. The second-order valence-corrected chi connectivity index (χ2v) is 14.1. The van der Waals surface area contributed by atoms with Crippen molar-refractivity contribution < 1.29 is 30.8 Å². The molecule has 3 heterocycles. The van der Waals surface area contributed by atoms with Gasteiger partial charge in [-0.05, 0) is 97.2 Å². The Morgan fingerprint density at radius 1 is 1.12 bits per heavy atom. The SMILES string of the molecule is N#Cc1ccc(S(=O)(=O)N2c3ccc(C(=O)NCc4ncc(C(F)(F)F)cc4F)cc3C3(CCSCC3)C2C2CC2)cc1. The fourth-order valence-corrected chi connectivity index (χ4v) is 9.29. The first kappa shape index (κ1) is 29.4. The van der Waals surface area contributed by atoms with Crippen LogP contribution in [0.1, 0.15) is 58.4 Å². The molecule has 6 rings (SSSR count). The van der Waals surface area contributed by atoms with Crippen molar-refractivity contribution in [1.82, 2.24) is 10.3 Å². The van der Waals surface area contributed by atoms with Crippen LogP contribution in [0.5, 0.6) is 0 Å². The number of halogens is 4. The third-order valence-electron chi connectivity index (χ3n) is 8.51. The number of nitrogens with zero attached hydrogens (tertiary/aromatic N) is 3. The number of carbonyl (C=O) groups is 1. The van der Waals surface area contributed by atoms with Gasteiger partial charge in [0.1, 0.15) is 5.82 Å². The molecule has 43 heavy (non-hydrogen) atoms. The number of nitriles is 1. The van der Waals surface area contributed by atoms with Gasteiger partial charge in [-0.25, -0.2) is 12.8 Å². The summed E-state index contributed by atoms with van der Waals surface area (Å²) in [4.78, 5) is 16.8. The standard InChI is InChI=1S/C30H26F4N4O3S2/c31-24-14-21(30(32,33)34)16-36-25(24)17-37-28(39)20-5-8-26-23(13-20)29(9-11-42-12-10-29)27(19-3-4-19)38(26)43(40,41)22-6-1-18(15-35)2-7-22/h1-2,5-8,13-14,16,19,27H,3-4,9-12,17H2,(H,37,39). The zero-order valence-corrected chi connectivity index (χ0v) is 24.3. The molecular formula is C30H26F4N4O3S2. The van der Waals surface area contributed by atoms with Gasteiger partial charge in [0.2, 0.25) is 0 Å². The molecule has 2 aromatic carbocycles. The van der Waals surface area contributed by atoms with Crippen LogP contribution in [-0.2, 0) is 28.2 Å². The van der Waals surface area contributed by atoms with Gasteiger partial charge >= 0.3 is 6.18 Å². The molecule has 3 aromatic rings. The summed E-state index contributed by atoms with van der Waals surface area (Å²) >= 11 is 1.80. The van der Waals surface area contributed by atoms with Gasteiger partial charge in [0, 0.05) is 17.2 Å². The molecule has 1 spiro atoms. The van der Waals surface area contributed by atoms with Gasteiger partial charge in [-0.1, -0.05) is 0 Å². The smallest absolute Gasteiger partial charge is 0.346 e. The van der Waals surface area contributed by atoms with Crippen molar-refractivity contribution in [3.63, 3.8) is 0 Å². The number of hydrogen-bond acceptors (Lipinski definition) is 6. The first-order valence-corrected chi connectivity index (χ1v) is 16.3. The van der Waals surface area contributed by atoms with Gasteiger partial charge in [0.05, 0.1) is 46.1 Å². The molecule has 2 fully saturated rings. The van der Waals surface area contributed by atoms with Crippen LogP contribution >= 0.6 is 11.8 Å². The van der Waals surface area contributed by atoms with E-state index in [0.29, 0.717) is 23.5 Å². The highest BCUT2D eigenvalue weighted by Gasteiger charge is 2.59. The van der Waals surface area contributed by atoms with Gasteiger partial charge in [-0.3, -0.25) is 14.1 Å². The minimum Gasteiger partial charge on any atom is -0.346 e. The summed E-state index contributed by atoms with van der Waals surface area (Å²) < 4.78 is 82.9. The van der Waals surface area contributed by atoms with E-state index in [1.807, 2.05) is 6.07 Å². The Balaban J connectivity index is 1.35. The Kier molecular flexibility index (Phi) is 7.41. The Hall–Kier alpha value is -3.63. The van der Waals surface area contributed by atoms with E-state index in [-0.39, 0.29) is 28.1 Å². The van der Waals surface area contributed by atoms with Crippen molar-refractivity contribution in [3.05, 3.63) is 88.5 Å². The summed E-state index contributed by atoms with van der Waals surface area (Å²) in [6.45, 7) is -0.425. The van der Waals surface area contributed by atoms with Crippen LogP contribution in [0, 0.1) is 23.1 Å². The molecule has 1 unspecified atom stereocenters. The molecule has 1 aromatic heterocycles. The lowest BCUT2D eigenvalue weighted by molar-refractivity contribution is -0.138. The maximum absolute atomic E-state index is 14.3. The number of rotatable bonds is 6. The lowest BCUT2D eigenvalue weighted by Gasteiger charge is -2.41. The Labute approximate surface area is 250 Å². The van der Waals surface area contributed by atoms with Crippen LogP contribution in [0.4, 0.5) is 23.2 Å². The quantitative estimate of drug-likeness (QED) is 0.346. The Bertz CT molecular complexity index is 1730. The number of benzene rings is 2. The van der Waals surface area contributed by atoms with Crippen LogP contribution in [0.15, 0.2) is 59.6 Å². The van der Waals surface area contributed by atoms with Crippen molar-refractivity contribution in [2.75, 3.05) is 15.8 Å². The second-order valence-electron chi connectivity index (χ2n) is 11.1. The van der Waals surface area contributed by atoms with Crippen LogP contribution < -0.4 is 9.62 Å². The van der Waals surface area contributed by atoms with E-state index in [1.165, 1.54) is 34.6 Å². The third-order valence-corrected chi connectivity index (χ3v) is 11.3. The summed E-state index contributed by atoms with van der Waals surface area (Å²) in [7, 11) is -4.02. The monoisotopic (exact) mass is 630 g/mol. The highest BCUT2D eigenvalue weighted by Crippen LogP contribution is 2.59. The maximum atomic E-state index is 14.3. The number of aromatic nitrogens is 1. The average molecular weight is 631 g/mol. The van der Waals surface area contributed by atoms with Crippen LogP contribution in [0.2, 0.25) is 0 Å². The van der Waals surface area contributed by atoms with E-state index in [9.17, 15) is 36.0 Å². The van der Waals surface area contributed by atoms with Gasteiger partial charge < -0.3 is 5.32 Å². The van der Waals surface area contributed by atoms with E-state index in [2.05, 4.69) is 10.3 Å². The highest BCUT2D eigenvalue weighted by molar-refractivity contribution is 7.99. The van der Waals surface area contributed by atoms with E-state index >= 15 is 0 Å². The van der Waals surface area contributed by atoms with Crippen LogP contribution in [0.25, 0.3) is 0 Å². The number of anilines is 1. The van der Waals surface area contributed by atoms with Gasteiger partial charge in [0.25, 0.3) is 15.9 Å². The summed E-state index contributed by atoms with van der Waals surface area (Å²) in [5, 5.41) is 11.7. The van der Waals surface area contributed by atoms with Crippen molar-refractivity contribution >= 4 is 33.4 Å². The average Bonchev–Trinajstić information content (AvgIpc) is 3.80. The topological polar surface area (TPSA) is 103 Å². The molecule has 1 saturated carbocycles. The molecule has 1 amide bonds. The number of carbonyl (C=O) groups excluding carboxylic acids is 1. The first-order chi connectivity index (χ1) is 20.5. The van der Waals surface area contributed by atoms with E-state index < -0.39 is 45.4 Å². The van der Waals surface area contributed by atoms with Gasteiger partial charge in [-0.2, -0.15) is 30.2 Å². The highest BCUT2D eigenvalue weighted by atomic mass is 32.2.